The number of carboxylic acids is 1. The molecular weight excluding hydrogens is 360 g/mol. The third-order valence-corrected chi connectivity index (χ3v) is 2.84. The predicted molar refractivity (Wildman–Crippen MR) is 94.1 cm³/mol. The second-order valence-corrected chi connectivity index (χ2v) is 4.70. The molecule has 0 aliphatic carbocycles. The van der Waals surface area contributed by atoms with Crippen LogP contribution in [0.2, 0.25) is 0 Å². The Morgan fingerprint density at radius 3 is 2.57 bits per heavy atom. The number of nitrogens with zero attached hydrogens (tertiary/aromatic N) is 1. The summed E-state index contributed by atoms with van der Waals surface area (Å²) in [6.07, 6.45) is 5.36. The highest BCUT2D eigenvalue weighted by molar-refractivity contribution is 9.10. The number of carbonyl (C=O) groups excluding carboxylic acids is 1. The van der Waals surface area contributed by atoms with Crippen LogP contribution < -0.4 is 5.32 Å². The molecule has 0 aromatic heterocycles. The number of halogens is 1. The molecule has 0 saturated carbocycles. The van der Waals surface area contributed by atoms with Crippen molar-refractivity contribution in [2.24, 2.45) is 0 Å². The zero-order chi connectivity index (χ0) is 17.8. The van der Waals surface area contributed by atoms with E-state index in [0.29, 0.717) is 10.0 Å². The van der Waals surface area contributed by atoms with Gasteiger partial charge in [0.1, 0.15) is 0 Å². The van der Waals surface area contributed by atoms with E-state index in [1.807, 2.05) is 19.9 Å². The highest BCUT2D eigenvalue weighted by atomic mass is 79.9. The minimum atomic E-state index is -1.14. The molecule has 0 aliphatic rings. The fourth-order valence-corrected chi connectivity index (χ4v) is 1.73. The van der Waals surface area contributed by atoms with Gasteiger partial charge in [0.25, 0.3) is 0 Å². The van der Waals surface area contributed by atoms with Gasteiger partial charge in [-0.25, -0.2) is 4.79 Å². The Hall–Kier alpha value is -2.65. The first kappa shape index (κ1) is 20.3. The molecule has 23 heavy (non-hydrogen) atoms. The number of nitrogens with one attached hydrogen (secondary N) is 1. The van der Waals surface area contributed by atoms with Gasteiger partial charge in [0, 0.05) is 10.5 Å². The van der Waals surface area contributed by atoms with Gasteiger partial charge in [-0.15, -0.1) is 0 Å². The number of carbonyl (C=O) groups is 2. The molecule has 2 N–H and O–H groups in total. The highest BCUT2D eigenvalue weighted by Crippen LogP contribution is 2.21. The maximum absolute atomic E-state index is 11.7. The lowest BCUT2D eigenvalue weighted by atomic mass is 10.2. The summed E-state index contributed by atoms with van der Waals surface area (Å²) in [7, 11) is 0. The standard InChI is InChI=1S/C15H11BrN2O3.C2H6/c1-2-10(9-17)4-3-5-14(19)18-13-7-6-11(16)8-12(13)15(20)21;1-2/h2-8H,1H2,(H,18,19)(H,20,21);1-2H3/b5-3+,10-4+;. The Morgan fingerprint density at radius 1 is 1.39 bits per heavy atom. The monoisotopic (exact) mass is 376 g/mol. The summed E-state index contributed by atoms with van der Waals surface area (Å²) in [5.41, 5.74) is 0.480. The van der Waals surface area contributed by atoms with Crippen molar-refractivity contribution in [2.45, 2.75) is 13.8 Å². The molecule has 0 bridgehead atoms. The lowest BCUT2D eigenvalue weighted by Gasteiger charge is -2.06. The van der Waals surface area contributed by atoms with Gasteiger partial charge in [0.2, 0.25) is 5.91 Å². The van der Waals surface area contributed by atoms with Crippen molar-refractivity contribution < 1.29 is 14.7 Å². The highest BCUT2D eigenvalue weighted by Gasteiger charge is 2.11. The molecule has 0 fully saturated rings. The largest absolute Gasteiger partial charge is 0.478 e. The van der Waals surface area contributed by atoms with Gasteiger partial charge in [-0.05, 0) is 24.3 Å². The van der Waals surface area contributed by atoms with Crippen LogP contribution in [-0.2, 0) is 4.79 Å². The van der Waals surface area contributed by atoms with Gasteiger partial charge >= 0.3 is 5.97 Å². The van der Waals surface area contributed by atoms with Crippen molar-refractivity contribution in [1.29, 1.82) is 5.26 Å². The van der Waals surface area contributed by atoms with Gasteiger partial charge < -0.3 is 10.4 Å². The molecule has 0 aliphatic heterocycles. The van der Waals surface area contributed by atoms with E-state index in [2.05, 4.69) is 27.8 Å². The summed E-state index contributed by atoms with van der Waals surface area (Å²) in [4.78, 5) is 22.8. The van der Waals surface area contributed by atoms with E-state index in [1.165, 1.54) is 36.4 Å². The van der Waals surface area contributed by atoms with E-state index in [-0.39, 0.29) is 11.3 Å². The Balaban J connectivity index is 0.00000232. The minimum absolute atomic E-state index is 0.0227. The number of amides is 1. The first-order valence-corrected chi connectivity index (χ1v) is 7.52. The fraction of sp³-hybridized carbons (Fsp3) is 0.118. The van der Waals surface area contributed by atoms with Gasteiger partial charge in [-0.3, -0.25) is 4.79 Å². The number of rotatable bonds is 5. The van der Waals surface area contributed by atoms with Crippen LogP contribution in [0.3, 0.4) is 0 Å². The zero-order valence-electron chi connectivity index (χ0n) is 12.8. The van der Waals surface area contributed by atoms with Crippen molar-refractivity contribution in [3.63, 3.8) is 0 Å². The second kappa shape index (κ2) is 11.0. The number of benzene rings is 1. The average molecular weight is 377 g/mol. The summed E-state index contributed by atoms with van der Waals surface area (Å²) >= 11 is 3.17. The summed E-state index contributed by atoms with van der Waals surface area (Å²) in [5.74, 6) is -1.65. The van der Waals surface area contributed by atoms with Crippen molar-refractivity contribution in [3.8, 4) is 6.07 Å². The van der Waals surface area contributed by atoms with Gasteiger partial charge in [0.05, 0.1) is 22.9 Å². The zero-order valence-corrected chi connectivity index (χ0v) is 14.4. The number of nitriles is 1. The molecule has 1 amide bonds. The Kier molecular flexibility index (Phi) is 9.72. The van der Waals surface area contributed by atoms with E-state index in [1.54, 1.807) is 6.07 Å². The molecule has 0 radical (unpaired) electrons. The quantitative estimate of drug-likeness (QED) is 0.455. The molecule has 1 aromatic rings. The molecule has 5 nitrogen and oxygen atoms in total. The third-order valence-electron chi connectivity index (χ3n) is 2.34. The van der Waals surface area contributed by atoms with E-state index in [4.69, 9.17) is 10.4 Å². The Morgan fingerprint density at radius 2 is 2.04 bits per heavy atom. The molecule has 1 rings (SSSR count). The van der Waals surface area contributed by atoms with E-state index >= 15 is 0 Å². The summed E-state index contributed by atoms with van der Waals surface area (Å²) in [5, 5.41) is 20.2. The van der Waals surface area contributed by atoms with E-state index in [0.717, 1.165) is 0 Å². The predicted octanol–water partition coefficient (Wildman–Crippen LogP) is 4.30. The number of allylic oxidation sites excluding steroid dienone is 4. The molecule has 0 spiro atoms. The second-order valence-electron chi connectivity index (χ2n) is 3.78. The Bertz CT molecular complexity index is 686. The van der Waals surface area contributed by atoms with Crippen LogP contribution in [-0.4, -0.2) is 17.0 Å². The lowest BCUT2D eigenvalue weighted by molar-refractivity contribution is -0.111. The number of hydrogen-bond acceptors (Lipinski definition) is 3. The maximum atomic E-state index is 11.7. The Labute approximate surface area is 143 Å². The van der Waals surface area contributed by atoms with Crippen molar-refractivity contribution in [1.82, 2.24) is 0 Å². The smallest absolute Gasteiger partial charge is 0.337 e. The summed E-state index contributed by atoms with van der Waals surface area (Å²) < 4.78 is 0.598. The molecule has 0 unspecified atom stereocenters. The van der Waals surface area contributed by atoms with Crippen LogP contribution in [0.15, 0.2) is 59.1 Å². The average Bonchev–Trinajstić information content (AvgIpc) is 2.55. The molecule has 0 heterocycles. The third kappa shape index (κ3) is 7.25. The number of hydrogen-bond donors (Lipinski definition) is 2. The SMILES string of the molecule is C=C/C(C#N)=C\C=C\C(=O)Nc1ccc(Br)cc1C(=O)O.CC. The number of anilines is 1. The van der Waals surface area contributed by atoms with Gasteiger partial charge in [0.15, 0.2) is 0 Å². The first-order valence-electron chi connectivity index (χ1n) is 6.72. The summed E-state index contributed by atoms with van der Waals surface area (Å²) in [6.45, 7) is 7.44. The topological polar surface area (TPSA) is 90.2 Å². The van der Waals surface area contributed by atoms with Crippen molar-refractivity contribution in [2.75, 3.05) is 5.32 Å². The van der Waals surface area contributed by atoms with Crippen LogP contribution in [0.5, 0.6) is 0 Å². The van der Waals surface area contributed by atoms with Crippen LogP contribution in [0.1, 0.15) is 24.2 Å². The summed E-state index contributed by atoms with van der Waals surface area (Å²) in [6, 6.07) is 6.39. The lowest BCUT2D eigenvalue weighted by Crippen LogP contribution is -2.12. The fourth-order valence-electron chi connectivity index (χ4n) is 1.37. The van der Waals surface area contributed by atoms with Crippen molar-refractivity contribution in [3.05, 3.63) is 64.7 Å². The molecule has 6 heteroatoms. The molecule has 0 atom stereocenters. The maximum Gasteiger partial charge on any atom is 0.337 e. The van der Waals surface area contributed by atoms with Crippen LogP contribution in [0, 0.1) is 11.3 Å². The van der Waals surface area contributed by atoms with Crippen LogP contribution in [0.25, 0.3) is 0 Å². The van der Waals surface area contributed by atoms with Gasteiger partial charge in [-0.1, -0.05) is 48.5 Å². The normalized spacial score (nSPS) is 10.3. The van der Waals surface area contributed by atoms with E-state index in [9.17, 15) is 9.59 Å². The molecule has 120 valence electrons. The van der Waals surface area contributed by atoms with Crippen LogP contribution >= 0.6 is 15.9 Å². The molecule has 1 aromatic carbocycles. The van der Waals surface area contributed by atoms with E-state index < -0.39 is 11.9 Å². The number of carboxylic acid groups (broad SMARTS) is 1. The van der Waals surface area contributed by atoms with Crippen molar-refractivity contribution >= 4 is 33.5 Å². The molecule has 0 saturated heterocycles. The number of aromatic carboxylic acids is 1. The van der Waals surface area contributed by atoms with Gasteiger partial charge in [-0.2, -0.15) is 5.26 Å². The molecular formula is C17H17BrN2O3. The minimum Gasteiger partial charge on any atom is -0.478 e. The van der Waals surface area contributed by atoms with Crippen LogP contribution in [0.4, 0.5) is 5.69 Å². The first-order chi connectivity index (χ1) is 11.0.